The Labute approximate surface area is 189 Å². The number of rotatable bonds is 9. The van der Waals surface area contributed by atoms with Gasteiger partial charge >= 0.3 is 11.9 Å². The molecule has 0 amide bonds. The first-order chi connectivity index (χ1) is 15.9. The highest BCUT2D eigenvalue weighted by Gasteiger charge is 2.22. The first-order valence-electron chi connectivity index (χ1n) is 9.08. The Morgan fingerprint density at radius 1 is 0.765 bits per heavy atom. The fourth-order valence-corrected chi connectivity index (χ4v) is 2.50. The van der Waals surface area contributed by atoms with Gasteiger partial charge in [-0.2, -0.15) is 0 Å². The van der Waals surface area contributed by atoms with Gasteiger partial charge in [-0.3, -0.25) is 50.0 Å². The normalized spacial score (nSPS) is 9.79. The molecule has 0 heterocycles. The maximum absolute atomic E-state index is 11.2. The summed E-state index contributed by atoms with van der Waals surface area (Å²) in [6.45, 7) is 1.78. The van der Waals surface area contributed by atoms with Gasteiger partial charge in [-0.15, -0.1) is 0 Å². The Morgan fingerprint density at radius 2 is 1.18 bits per heavy atom. The van der Waals surface area contributed by atoms with Crippen LogP contribution in [-0.4, -0.2) is 43.3 Å². The Hall–Kier alpha value is -5.02. The van der Waals surface area contributed by atoms with Gasteiger partial charge in [-0.1, -0.05) is 0 Å². The van der Waals surface area contributed by atoms with Gasteiger partial charge in [0.15, 0.2) is 0 Å². The van der Waals surface area contributed by atoms with Crippen LogP contribution in [0, 0.1) is 40.5 Å². The second kappa shape index (κ2) is 12.1. The predicted molar refractivity (Wildman–Crippen MR) is 111 cm³/mol. The van der Waals surface area contributed by atoms with Crippen molar-refractivity contribution in [3.8, 4) is 0 Å². The van der Waals surface area contributed by atoms with Crippen LogP contribution in [0.1, 0.15) is 18.1 Å². The highest BCUT2D eigenvalue weighted by Crippen LogP contribution is 2.26. The van der Waals surface area contributed by atoms with Crippen LogP contribution in [0.3, 0.4) is 0 Å². The molecule has 0 saturated heterocycles. The van der Waals surface area contributed by atoms with Gasteiger partial charge < -0.3 is 9.84 Å². The number of esters is 1. The number of nitro groups is 4. The third-order valence-corrected chi connectivity index (χ3v) is 3.93. The number of carbonyl (C=O) groups excluding carboxylic acids is 1. The molecule has 2 aromatic rings. The lowest BCUT2D eigenvalue weighted by molar-refractivity contribution is -0.394. The fourth-order valence-electron chi connectivity index (χ4n) is 2.50. The number of ether oxygens (including phenoxy) is 1. The number of non-ortho nitro benzene ring substituents is 2. The van der Waals surface area contributed by atoms with Gasteiger partial charge in [-0.25, -0.2) is 0 Å². The zero-order valence-electron chi connectivity index (χ0n) is 17.3. The molecule has 0 saturated carbocycles. The molecule has 0 fully saturated rings. The molecule has 0 bridgehead atoms. The number of benzene rings is 2. The predicted octanol–water partition coefficient (Wildman–Crippen LogP) is 2.74. The first-order valence-corrected chi connectivity index (χ1v) is 9.08. The van der Waals surface area contributed by atoms with Crippen molar-refractivity contribution in [1.82, 2.24) is 0 Å². The van der Waals surface area contributed by atoms with Crippen molar-refractivity contribution in [3.63, 3.8) is 0 Å². The van der Waals surface area contributed by atoms with E-state index in [4.69, 9.17) is 5.11 Å². The summed E-state index contributed by atoms with van der Waals surface area (Å²) < 4.78 is 4.66. The molecule has 0 aliphatic rings. The van der Waals surface area contributed by atoms with Crippen molar-refractivity contribution >= 4 is 34.7 Å². The van der Waals surface area contributed by atoms with E-state index >= 15 is 0 Å². The number of carboxylic acid groups (broad SMARTS) is 1. The van der Waals surface area contributed by atoms with Gasteiger partial charge in [-0.05, 0) is 19.1 Å². The minimum atomic E-state index is -1.24. The highest BCUT2D eigenvalue weighted by atomic mass is 16.6. The number of hydrogen-bond donors (Lipinski definition) is 1. The van der Waals surface area contributed by atoms with Crippen LogP contribution in [0.25, 0.3) is 0 Å². The topological polar surface area (TPSA) is 236 Å². The summed E-state index contributed by atoms with van der Waals surface area (Å²) in [7, 11) is 0. The molecule has 16 heteroatoms. The van der Waals surface area contributed by atoms with Gasteiger partial charge in [0.25, 0.3) is 22.7 Å². The molecule has 16 nitrogen and oxygen atoms in total. The van der Waals surface area contributed by atoms with Gasteiger partial charge in [0, 0.05) is 23.3 Å². The largest absolute Gasteiger partial charge is 0.481 e. The monoisotopic (exact) mass is 480 g/mol. The standard InChI is InChI=1S/C10H10N2O6.C8H6N2O6/c1-2-18-10(13)5-7-3-4-8(11(14)15)6-9(7)12(16)17;11-8(12)3-5-1-2-6(9(13)14)4-7(5)10(15)16/h3-4,6H,2,5H2,1H3;1-2,4H,3H2,(H,11,12). The van der Waals surface area contributed by atoms with Gasteiger partial charge in [0.1, 0.15) is 0 Å². The van der Waals surface area contributed by atoms with Crippen molar-refractivity contribution in [1.29, 1.82) is 0 Å². The number of hydrogen-bond acceptors (Lipinski definition) is 11. The third-order valence-electron chi connectivity index (χ3n) is 3.93. The van der Waals surface area contributed by atoms with Gasteiger partial charge in [0.2, 0.25) is 0 Å². The molecule has 0 radical (unpaired) electrons. The summed E-state index contributed by atoms with van der Waals surface area (Å²) in [4.78, 5) is 60.7. The van der Waals surface area contributed by atoms with Crippen LogP contribution >= 0.6 is 0 Å². The maximum Gasteiger partial charge on any atom is 0.310 e. The molecule has 0 unspecified atom stereocenters. The van der Waals surface area contributed by atoms with Crippen molar-refractivity contribution in [2.45, 2.75) is 19.8 Å². The van der Waals surface area contributed by atoms with Crippen molar-refractivity contribution in [2.75, 3.05) is 6.61 Å². The lowest BCUT2D eigenvalue weighted by Crippen LogP contribution is -2.09. The van der Waals surface area contributed by atoms with E-state index < -0.39 is 60.8 Å². The highest BCUT2D eigenvalue weighted by molar-refractivity contribution is 5.74. The number of carbonyl (C=O) groups is 2. The molecule has 180 valence electrons. The number of carboxylic acids is 1. The quantitative estimate of drug-likeness (QED) is 0.309. The number of aliphatic carboxylic acids is 1. The molecule has 0 atom stereocenters. The molecule has 2 rings (SSSR count). The summed E-state index contributed by atoms with van der Waals surface area (Å²) in [5, 5.41) is 50.7. The van der Waals surface area contributed by atoms with E-state index in [2.05, 4.69) is 4.74 Å². The van der Waals surface area contributed by atoms with Crippen LogP contribution in [0.15, 0.2) is 36.4 Å². The molecular weight excluding hydrogens is 464 g/mol. The summed E-state index contributed by atoms with van der Waals surface area (Å²) >= 11 is 0. The Kier molecular flexibility index (Phi) is 9.64. The van der Waals surface area contributed by atoms with Crippen LogP contribution in [0.2, 0.25) is 0 Å². The minimum Gasteiger partial charge on any atom is -0.481 e. The smallest absolute Gasteiger partial charge is 0.310 e. The SMILES string of the molecule is CCOC(=O)Cc1ccc([N+](=O)[O-])cc1[N+](=O)[O-].O=C(O)Cc1ccc([N+](=O)[O-])cc1[N+](=O)[O-]. The lowest BCUT2D eigenvalue weighted by Gasteiger charge is -2.03. The number of nitro benzene ring substituents is 4. The van der Waals surface area contributed by atoms with E-state index in [1.807, 2.05) is 0 Å². The van der Waals surface area contributed by atoms with E-state index in [1.54, 1.807) is 6.92 Å². The molecule has 0 aliphatic heterocycles. The Balaban J connectivity index is 0.000000342. The van der Waals surface area contributed by atoms with E-state index in [0.29, 0.717) is 0 Å². The average Bonchev–Trinajstić information content (AvgIpc) is 2.73. The maximum atomic E-state index is 11.2. The van der Waals surface area contributed by atoms with E-state index in [-0.39, 0.29) is 24.2 Å². The summed E-state index contributed by atoms with van der Waals surface area (Å²) in [6, 6.07) is 5.98. The van der Waals surface area contributed by atoms with Crippen molar-refractivity contribution in [3.05, 3.63) is 88.0 Å². The number of nitrogens with zero attached hydrogens (tertiary/aromatic N) is 4. The van der Waals surface area contributed by atoms with E-state index in [0.717, 1.165) is 30.3 Å². The van der Waals surface area contributed by atoms with Gasteiger partial charge in [0.05, 0.1) is 51.3 Å². The van der Waals surface area contributed by atoms with E-state index in [1.165, 1.54) is 6.07 Å². The summed E-state index contributed by atoms with van der Waals surface area (Å²) in [5.74, 6) is -1.86. The zero-order chi connectivity index (χ0) is 26.0. The van der Waals surface area contributed by atoms with Crippen LogP contribution < -0.4 is 0 Å². The second-order valence-electron chi connectivity index (χ2n) is 6.21. The Morgan fingerprint density at radius 3 is 1.50 bits per heavy atom. The van der Waals surface area contributed by atoms with Crippen molar-refractivity contribution in [2.24, 2.45) is 0 Å². The lowest BCUT2D eigenvalue weighted by atomic mass is 10.1. The van der Waals surface area contributed by atoms with Crippen LogP contribution in [0.5, 0.6) is 0 Å². The fraction of sp³-hybridized carbons (Fsp3) is 0.222. The average molecular weight is 480 g/mol. The molecule has 34 heavy (non-hydrogen) atoms. The molecule has 0 spiro atoms. The minimum absolute atomic E-state index is 0.0666. The van der Waals surface area contributed by atoms with Crippen LogP contribution in [-0.2, 0) is 27.2 Å². The zero-order valence-corrected chi connectivity index (χ0v) is 17.3. The first kappa shape index (κ1) is 27.0. The second-order valence-corrected chi connectivity index (χ2v) is 6.21. The summed E-state index contributed by atoms with van der Waals surface area (Å²) in [6.07, 6.45) is -0.837. The molecule has 2 aromatic carbocycles. The third kappa shape index (κ3) is 7.91. The summed E-state index contributed by atoms with van der Waals surface area (Å²) in [5.41, 5.74) is -1.84. The molecule has 0 aliphatic carbocycles. The Bertz CT molecular complexity index is 1150. The van der Waals surface area contributed by atoms with Crippen molar-refractivity contribution < 1.29 is 39.1 Å². The molecular formula is C18H16N4O12. The van der Waals surface area contributed by atoms with Crippen LogP contribution in [0.4, 0.5) is 22.7 Å². The molecule has 1 N–H and O–H groups in total. The molecule has 0 aromatic heterocycles. The van der Waals surface area contributed by atoms with E-state index in [9.17, 15) is 50.0 Å².